The molecule has 1 heterocycles. The zero-order chi connectivity index (χ0) is 9.84. The first-order valence-electron chi connectivity index (χ1n) is 5.34. The molecule has 0 aromatic heterocycles. The molecule has 2 unspecified atom stereocenters. The number of carbonyl (C=O) groups is 1. The van der Waals surface area contributed by atoms with Crippen LogP contribution >= 0.6 is 0 Å². The molecule has 0 radical (unpaired) electrons. The summed E-state index contributed by atoms with van der Waals surface area (Å²) in [6.07, 6.45) is 1.82. The van der Waals surface area contributed by atoms with Gasteiger partial charge < -0.3 is 5.32 Å². The normalized spacial score (nSPS) is 28.3. The number of Topliss-reactive ketones (excluding diaryl/α,β-unsaturated/α-hetero) is 1. The van der Waals surface area contributed by atoms with E-state index in [1.165, 1.54) is 0 Å². The number of ketones is 1. The molecule has 0 bridgehead atoms. The fourth-order valence-corrected chi connectivity index (χ4v) is 1.86. The van der Waals surface area contributed by atoms with Crippen LogP contribution in [0.1, 0.15) is 33.6 Å². The van der Waals surface area contributed by atoms with E-state index in [1.54, 1.807) is 0 Å². The molecule has 1 N–H and O–H groups in total. The molecule has 0 aromatic carbocycles. The van der Waals surface area contributed by atoms with Crippen LogP contribution in [-0.4, -0.2) is 18.9 Å². The van der Waals surface area contributed by atoms with Crippen LogP contribution in [0.4, 0.5) is 0 Å². The van der Waals surface area contributed by atoms with Gasteiger partial charge in [-0.25, -0.2) is 0 Å². The van der Waals surface area contributed by atoms with Gasteiger partial charge in [0.2, 0.25) is 0 Å². The van der Waals surface area contributed by atoms with Gasteiger partial charge in [0.25, 0.3) is 0 Å². The van der Waals surface area contributed by atoms with Crippen molar-refractivity contribution in [3.8, 4) is 0 Å². The summed E-state index contributed by atoms with van der Waals surface area (Å²) in [6.45, 7) is 8.42. The first kappa shape index (κ1) is 10.7. The molecule has 1 aliphatic heterocycles. The van der Waals surface area contributed by atoms with E-state index in [-0.39, 0.29) is 0 Å². The van der Waals surface area contributed by atoms with E-state index < -0.39 is 0 Å². The van der Waals surface area contributed by atoms with E-state index in [9.17, 15) is 4.79 Å². The van der Waals surface area contributed by atoms with Crippen molar-refractivity contribution in [2.45, 2.75) is 33.6 Å². The quantitative estimate of drug-likeness (QED) is 0.720. The van der Waals surface area contributed by atoms with Crippen molar-refractivity contribution in [1.29, 1.82) is 0 Å². The zero-order valence-corrected chi connectivity index (χ0v) is 8.97. The summed E-state index contributed by atoms with van der Waals surface area (Å²) >= 11 is 0. The van der Waals surface area contributed by atoms with Crippen molar-refractivity contribution < 1.29 is 4.79 Å². The van der Waals surface area contributed by atoms with E-state index >= 15 is 0 Å². The number of rotatable bonds is 4. The molecule has 2 nitrogen and oxygen atoms in total. The molecule has 2 heteroatoms. The van der Waals surface area contributed by atoms with Crippen LogP contribution in [0.15, 0.2) is 0 Å². The molecular formula is C11H21NO. The Labute approximate surface area is 81.1 Å². The number of hydrogen-bond donors (Lipinski definition) is 1. The first-order chi connectivity index (χ1) is 6.11. The van der Waals surface area contributed by atoms with Crippen LogP contribution < -0.4 is 5.32 Å². The van der Waals surface area contributed by atoms with E-state index in [4.69, 9.17) is 0 Å². The van der Waals surface area contributed by atoms with E-state index in [2.05, 4.69) is 26.1 Å². The van der Waals surface area contributed by atoms with Crippen LogP contribution in [0.3, 0.4) is 0 Å². The predicted molar refractivity (Wildman–Crippen MR) is 54.6 cm³/mol. The third kappa shape index (κ3) is 3.11. The smallest absolute Gasteiger partial charge is 0.137 e. The van der Waals surface area contributed by atoms with E-state index in [0.29, 0.717) is 23.5 Å². The average Bonchev–Trinajstić information content (AvgIpc) is 2.47. The molecule has 0 aromatic rings. The van der Waals surface area contributed by atoms with Gasteiger partial charge in [-0.05, 0) is 24.8 Å². The van der Waals surface area contributed by atoms with E-state index in [0.717, 1.165) is 25.9 Å². The summed E-state index contributed by atoms with van der Waals surface area (Å²) in [5, 5.41) is 3.27. The van der Waals surface area contributed by atoms with Crippen molar-refractivity contribution in [2.75, 3.05) is 13.1 Å². The molecule has 1 fully saturated rings. The molecule has 0 amide bonds. The Morgan fingerprint density at radius 1 is 1.46 bits per heavy atom. The molecule has 2 atom stereocenters. The Morgan fingerprint density at radius 2 is 2.15 bits per heavy atom. The van der Waals surface area contributed by atoms with Gasteiger partial charge in [0.05, 0.1) is 0 Å². The standard InChI is InChI=1S/C11H21NO/c1-8(2)4-5-11(13)10-7-12-6-9(10)3/h8-10,12H,4-7H2,1-3H3. The lowest BCUT2D eigenvalue weighted by Crippen LogP contribution is -2.21. The Kier molecular flexibility index (Phi) is 3.91. The molecule has 13 heavy (non-hydrogen) atoms. The number of hydrogen-bond acceptors (Lipinski definition) is 2. The summed E-state index contributed by atoms with van der Waals surface area (Å²) in [6, 6.07) is 0. The Balaban J connectivity index is 2.30. The molecule has 0 spiro atoms. The second-order valence-electron chi connectivity index (χ2n) is 4.64. The van der Waals surface area contributed by atoms with Crippen LogP contribution in [0, 0.1) is 17.8 Å². The van der Waals surface area contributed by atoms with Gasteiger partial charge in [-0.15, -0.1) is 0 Å². The maximum atomic E-state index is 11.7. The highest BCUT2D eigenvalue weighted by Gasteiger charge is 2.28. The summed E-state index contributed by atoms with van der Waals surface area (Å²) in [5.74, 6) is 1.94. The molecule has 0 aliphatic carbocycles. The molecule has 1 rings (SSSR count). The third-order valence-electron chi connectivity index (χ3n) is 2.90. The Bertz CT molecular complexity index is 177. The van der Waals surface area contributed by atoms with Gasteiger partial charge in [-0.2, -0.15) is 0 Å². The minimum Gasteiger partial charge on any atom is -0.316 e. The second kappa shape index (κ2) is 4.75. The lowest BCUT2D eigenvalue weighted by molar-refractivity contribution is -0.123. The lowest BCUT2D eigenvalue weighted by atomic mass is 9.90. The average molecular weight is 183 g/mol. The topological polar surface area (TPSA) is 29.1 Å². The largest absolute Gasteiger partial charge is 0.316 e. The van der Waals surface area contributed by atoms with Crippen molar-refractivity contribution in [3.05, 3.63) is 0 Å². The number of nitrogens with one attached hydrogen (secondary N) is 1. The summed E-state index contributed by atoms with van der Waals surface area (Å²) < 4.78 is 0. The first-order valence-corrected chi connectivity index (χ1v) is 5.34. The van der Waals surface area contributed by atoms with Gasteiger partial charge in [-0.3, -0.25) is 4.79 Å². The van der Waals surface area contributed by atoms with Crippen LogP contribution in [-0.2, 0) is 4.79 Å². The highest BCUT2D eigenvalue weighted by Crippen LogP contribution is 2.19. The fourth-order valence-electron chi connectivity index (χ4n) is 1.86. The minimum atomic E-state index is 0.291. The SMILES string of the molecule is CC(C)CCC(=O)C1CNCC1C. The third-order valence-corrected chi connectivity index (χ3v) is 2.90. The summed E-state index contributed by atoms with van der Waals surface area (Å²) in [4.78, 5) is 11.7. The Morgan fingerprint density at radius 3 is 2.62 bits per heavy atom. The van der Waals surface area contributed by atoms with Crippen LogP contribution in [0.25, 0.3) is 0 Å². The minimum absolute atomic E-state index is 0.291. The van der Waals surface area contributed by atoms with Gasteiger partial charge in [0.15, 0.2) is 0 Å². The zero-order valence-electron chi connectivity index (χ0n) is 8.97. The van der Waals surface area contributed by atoms with Gasteiger partial charge in [0, 0.05) is 18.9 Å². The highest BCUT2D eigenvalue weighted by molar-refractivity contribution is 5.81. The fraction of sp³-hybridized carbons (Fsp3) is 0.909. The molecule has 0 saturated carbocycles. The maximum Gasteiger partial charge on any atom is 0.137 e. The summed E-state index contributed by atoms with van der Waals surface area (Å²) in [5.41, 5.74) is 0. The van der Waals surface area contributed by atoms with Crippen LogP contribution in [0.5, 0.6) is 0 Å². The number of carbonyl (C=O) groups excluding carboxylic acids is 1. The van der Waals surface area contributed by atoms with Gasteiger partial charge in [0.1, 0.15) is 5.78 Å². The van der Waals surface area contributed by atoms with Crippen molar-refractivity contribution in [2.24, 2.45) is 17.8 Å². The summed E-state index contributed by atoms with van der Waals surface area (Å²) in [7, 11) is 0. The predicted octanol–water partition coefficient (Wildman–Crippen LogP) is 1.85. The second-order valence-corrected chi connectivity index (χ2v) is 4.64. The lowest BCUT2D eigenvalue weighted by Gasteiger charge is -2.13. The molecule has 76 valence electrons. The van der Waals surface area contributed by atoms with E-state index in [1.807, 2.05) is 0 Å². The van der Waals surface area contributed by atoms with Gasteiger partial charge >= 0.3 is 0 Å². The van der Waals surface area contributed by atoms with Crippen LogP contribution in [0.2, 0.25) is 0 Å². The van der Waals surface area contributed by atoms with Crippen molar-refractivity contribution >= 4 is 5.78 Å². The van der Waals surface area contributed by atoms with Gasteiger partial charge in [-0.1, -0.05) is 20.8 Å². The van der Waals surface area contributed by atoms with Crippen molar-refractivity contribution in [1.82, 2.24) is 5.32 Å². The van der Waals surface area contributed by atoms with Crippen molar-refractivity contribution in [3.63, 3.8) is 0 Å². The highest BCUT2D eigenvalue weighted by atomic mass is 16.1. The monoisotopic (exact) mass is 183 g/mol. The molecule has 1 saturated heterocycles. The Hall–Kier alpha value is -0.370. The molecular weight excluding hydrogens is 162 g/mol. The maximum absolute atomic E-state index is 11.7. The molecule has 1 aliphatic rings.